The van der Waals surface area contributed by atoms with E-state index >= 15 is 0 Å². The molecule has 0 aliphatic carbocycles. The second-order valence-corrected chi connectivity index (χ2v) is 10.8. The van der Waals surface area contributed by atoms with Crippen LogP contribution in [0.5, 0.6) is 11.5 Å². The molecule has 4 N–H and O–H groups in total. The Morgan fingerprint density at radius 2 is 0.961 bits per heavy atom. The SMILES string of the molecule is Nc1c(Br)cc(C(F)(C(F)(F)F)C(F)(F)F)cc1OC(F)F.Nc1ccc(C(F)(C(F)(F)F)C(F)(F)F)cc1OC(F)F.O=C1CCC(=O)N1Br. The normalized spacial score (nSPS) is 14.7. The summed E-state index contributed by atoms with van der Waals surface area (Å²) in [4.78, 5) is 20.9. The molecule has 27 heteroatoms. The van der Waals surface area contributed by atoms with Crippen LogP contribution in [0.1, 0.15) is 24.0 Å². The maximum Gasteiger partial charge on any atom is 0.435 e. The van der Waals surface area contributed by atoms with E-state index in [1.807, 2.05) is 0 Å². The number of hydrogen-bond donors (Lipinski definition) is 2. The lowest BCUT2D eigenvalue weighted by Crippen LogP contribution is -2.50. The second kappa shape index (κ2) is 16.0. The predicted molar refractivity (Wildman–Crippen MR) is 142 cm³/mol. The zero-order chi connectivity index (χ0) is 40.3. The Hall–Kier alpha value is -3.52. The van der Waals surface area contributed by atoms with Gasteiger partial charge in [0.15, 0.2) is 5.75 Å². The molecule has 0 spiro atoms. The number of amides is 2. The highest BCUT2D eigenvalue weighted by Gasteiger charge is 2.74. The number of alkyl halides is 18. The van der Waals surface area contributed by atoms with Crippen molar-refractivity contribution in [2.75, 3.05) is 11.5 Å². The number of carbonyl (C=O) groups is 2. The number of hydrogen-bond acceptors (Lipinski definition) is 6. The molecule has 0 unspecified atom stereocenters. The van der Waals surface area contributed by atoms with Gasteiger partial charge in [-0.2, -0.15) is 70.2 Å². The number of benzene rings is 2. The first-order valence-electron chi connectivity index (χ1n) is 12.3. The number of nitrogens with zero attached hydrogens (tertiary/aromatic N) is 1. The highest BCUT2D eigenvalue weighted by Crippen LogP contribution is 2.55. The Morgan fingerprint density at radius 3 is 1.29 bits per heavy atom. The molecule has 0 aromatic heterocycles. The first kappa shape index (κ1) is 45.5. The molecule has 1 aliphatic rings. The molecule has 1 heterocycles. The quantitative estimate of drug-likeness (QED) is 0.130. The zero-order valence-corrected chi connectivity index (χ0v) is 26.9. The minimum atomic E-state index is -6.39. The molecule has 2 aromatic rings. The summed E-state index contributed by atoms with van der Waals surface area (Å²) in [5.74, 6) is -2.71. The van der Waals surface area contributed by atoms with Crippen molar-refractivity contribution in [2.45, 2.75) is 62.1 Å². The van der Waals surface area contributed by atoms with Crippen molar-refractivity contribution >= 4 is 55.3 Å². The van der Waals surface area contributed by atoms with Crippen LogP contribution in [0.3, 0.4) is 0 Å². The van der Waals surface area contributed by atoms with Gasteiger partial charge in [-0.3, -0.25) is 9.59 Å². The smallest absolute Gasteiger partial charge is 0.433 e. The summed E-state index contributed by atoms with van der Waals surface area (Å²) in [5, 5.41) is 0. The van der Waals surface area contributed by atoms with Gasteiger partial charge in [0.25, 0.3) is 0 Å². The summed E-state index contributed by atoms with van der Waals surface area (Å²) in [7, 11) is 0. The Bertz CT molecular complexity index is 1500. The van der Waals surface area contributed by atoms with Crippen LogP contribution in [0.2, 0.25) is 0 Å². The third-order valence-electron chi connectivity index (χ3n) is 5.89. The van der Waals surface area contributed by atoms with E-state index in [1.54, 1.807) is 0 Å². The summed E-state index contributed by atoms with van der Waals surface area (Å²) >= 11 is 5.26. The predicted octanol–water partition coefficient (Wildman–Crippen LogP) is 9.53. The lowest BCUT2D eigenvalue weighted by Gasteiger charge is -2.30. The third kappa shape index (κ3) is 10.3. The number of halogens is 20. The number of anilines is 2. The van der Waals surface area contributed by atoms with E-state index in [4.69, 9.17) is 11.5 Å². The fourth-order valence-electron chi connectivity index (χ4n) is 3.46. The first-order chi connectivity index (χ1) is 22.7. The van der Waals surface area contributed by atoms with Crippen molar-refractivity contribution in [3.63, 3.8) is 0 Å². The molecule has 7 nitrogen and oxygen atoms in total. The van der Waals surface area contributed by atoms with Crippen molar-refractivity contribution in [3.8, 4) is 11.5 Å². The molecule has 1 saturated heterocycles. The fourth-order valence-corrected chi connectivity index (χ4v) is 4.25. The highest BCUT2D eigenvalue weighted by molar-refractivity contribution is 9.10. The van der Waals surface area contributed by atoms with Gasteiger partial charge in [0, 0.05) is 28.4 Å². The van der Waals surface area contributed by atoms with E-state index < -0.39 is 87.7 Å². The molecular weight excluding hydrogens is 896 g/mol. The van der Waals surface area contributed by atoms with Crippen LogP contribution < -0.4 is 20.9 Å². The summed E-state index contributed by atoms with van der Waals surface area (Å²) < 4.78 is 234. The maximum atomic E-state index is 13.8. The number of carbonyl (C=O) groups excluding carboxylic acids is 2. The molecule has 0 saturated carbocycles. The molecule has 0 radical (unpaired) electrons. The number of ether oxygens (including phenoxy) is 2. The zero-order valence-electron chi connectivity index (χ0n) is 23.7. The molecule has 0 atom stereocenters. The maximum absolute atomic E-state index is 13.8. The minimum absolute atomic E-state index is 0.0919. The molecule has 1 fully saturated rings. The standard InChI is InChI=1S/C10H5BrF9NO.C10H6F9NO.C4H4BrNO2/c11-4-1-3(2-5(6(4)21)22-7(12)13)8(14,9(15,16)17)10(18,19)20;11-7(12)21-6-3-4(1-2-5(6)20)8(13,9(14,15)16)10(17,18)19;5-6-3(7)1-2-4(6)8/h1-2,7H,21H2;1-3,7H,20H2;1-2H2. The van der Waals surface area contributed by atoms with Crippen LogP contribution in [0, 0.1) is 0 Å². The molecule has 2 amide bonds. The van der Waals surface area contributed by atoms with E-state index in [-0.39, 0.29) is 36.1 Å². The monoisotopic (exact) mass is 909 g/mol. The Balaban J connectivity index is 0.000000419. The van der Waals surface area contributed by atoms with E-state index in [9.17, 15) is 88.6 Å². The Kier molecular flexibility index (Phi) is 14.3. The van der Waals surface area contributed by atoms with Gasteiger partial charge in [0.05, 0.1) is 27.5 Å². The summed E-state index contributed by atoms with van der Waals surface area (Å²) in [6.07, 6.45) is -24.8. The Labute approximate surface area is 288 Å². The van der Waals surface area contributed by atoms with Gasteiger partial charge in [-0.05, 0) is 40.2 Å². The topological polar surface area (TPSA) is 108 Å². The fraction of sp³-hybridized carbons (Fsp3) is 0.417. The number of nitrogens with two attached hydrogens (primary N) is 2. The van der Waals surface area contributed by atoms with Crippen LogP contribution >= 0.6 is 32.1 Å². The molecule has 51 heavy (non-hydrogen) atoms. The van der Waals surface area contributed by atoms with E-state index in [0.717, 1.165) is 3.93 Å². The number of imide groups is 1. The molecule has 290 valence electrons. The summed E-state index contributed by atoms with van der Waals surface area (Å²) in [5.41, 5.74) is -6.65. The molecular formula is C24H15Br2F18N3O4. The highest BCUT2D eigenvalue weighted by atomic mass is 79.9. The van der Waals surface area contributed by atoms with Gasteiger partial charge in [-0.25, -0.2) is 12.7 Å². The average Bonchev–Trinajstić information content (AvgIpc) is 3.24. The largest absolute Gasteiger partial charge is 0.435 e. The number of nitrogen functional groups attached to an aromatic ring is 2. The van der Waals surface area contributed by atoms with Crippen molar-refractivity contribution in [1.29, 1.82) is 0 Å². The van der Waals surface area contributed by atoms with Gasteiger partial charge in [-0.15, -0.1) is 0 Å². The van der Waals surface area contributed by atoms with Gasteiger partial charge in [0.2, 0.25) is 11.8 Å². The summed E-state index contributed by atoms with van der Waals surface area (Å²) in [6.45, 7) is -7.15. The first-order valence-corrected chi connectivity index (χ1v) is 13.8. The van der Waals surface area contributed by atoms with Crippen molar-refractivity contribution < 1.29 is 98.1 Å². The van der Waals surface area contributed by atoms with Crippen molar-refractivity contribution in [3.05, 3.63) is 45.9 Å². The second-order valence-electron chi connectivity index (χ2n) is 9.26. The van der Waals surface area contributed by atoms with Crippen LogP contribution in [-0.2, 0) is 20.9 Å². The van der Waals surface area contributed by atoms with E-state index in [0.29, 0.717) is 18.9 Å². The van der Waals surface area contributed by atoms with Gasteiger partial charge in [-0.1, -0.05) is 6.07 Å². The van der Waals surface area contributed by atoms with Gasteiger partial charge >= 0.3 is 49.3 Å². The van der Waals surface area contributed by atoms with E-state index in [2.05, 4.69) is 41.6 Å². The van der Waals surface area contributed by atoms with Crippen LogP contribution in [0.25, 0.3) is 0 Å². The lowest BCUT2D eigenvalue weighted by molar-refractivity contribution is -0.349. The average molecular weight is 911 g/mol. The molecule has 3 rings (SSSR count). The lowest BCUT2D eigenvalue weighted by atomic mass is 9.93. The number of rotatable bonds is 6. The van der Waals surface area contributed by atoms with E-state index in [1.165, 1.54) is 0 Å². The molecule has 0 bridgehead atoms. The van der Waals surface area contributed by atoms with Crippen LogP contribution in [0.15, 0.2) is 34.8 Å². The Morgan fingerprint density at radius 1 is 0.608 bits per heavy atom. The van der Waals surface area contributed by atoms with Crippen molar-refractivity contribution in [1.82, 2.24) is 3.93 Å². The molecule has 1 aliphatic heterocycles. The molecule has 2 aromatic carbocycles. The van der Waals surface area contributed by atoms with Crippen molar-refractivity contribution in [2.24, 2.45) is 0 Å². The van der Waals surface area contributed by atoms with Gasteiger partial charge < -0.3 is 20.9 Å². The minimum Gasteiger partial charge on any atom is -0.433 e. The summed E-state index contributed by atoms with van der Waals surface area (Å²) in [6, 6.07) is 0.248. The van der Waals surface area contributed by atoms with Crippen LogP contribution in [0.4, 0.5) is 90.4 Å². The van der Waals surface area contributed by atoms with Crippen LogP contribution in [-0.4, -0.2) is 53.7 Å². The van der Waals surface area contributed by atoms with Gasteiger partial charge in [0.1, 0.15) is 5.75 Å². The third-order valence-corrected chi connectivity index (χ3v) is 7.33.